The minimum absolute atomic E-state index is 0.00873. The molecular weight excluding hydrogens is 236 g/mol. The van der Waals surface area contributed by atoms with Crippen LogP contribution in [0.4, 0.5) is 4.79 Å². The van der Waals surface area contributed by atoms with Crippen molar-refractivity contribution in [2.24, 2.45) is 0 Å². The molecule has 0 spiro atoms. The van der Waals surface area contributed by atoms with Gasteiger partial charge in [0.2, 0.25) is 0 Å². The quantitative estimate of drug-likeness (QED) is 0.713. The maximum Gasteiger partial charge on any atom is 0.320 e. The second kappa shape index (κ2) is 8.74. The Morgan fingerprint density at radius 1 is 1.39 bits per heavy atom. The van der Waals surface area contributed by atoms with Gasteiger partial charge in [-0.1, -0.05) is 0 Å². The van der Waals surface area contributed by atoms with Gasteiger partial charge in [-0.25, -0.2) is 4.79 Å². The van der Waals surface area contributed by atoms with Crippen molar-refractivity contribution >= 4 is 12.0 Å². The van der Waals surface area contributed by atoms with E-state index in [9.17, 15) is 9.59 Å². The summed E-state index contributed by atoms with van der Waals surface area (Å²) in [5.74, 6) is -0.837. The fourth-order valence-corrected chi connectivity index (χ4v) is 1.75. The lowest BCUT2D eigenvalue weighted by molar-refractivity contribution is -0.137. The molecule has 0 bridgehead atoms. The molecule has 1 unspecified atom stereocenters. The van der Waals surface area contributed by atoms with Crippen LogP contribution in [-0.2, 0) is 9.53 Å². The molecule has 2 amide bonds. The molecule has 1 N–H and O–H groups in total. The summed E-state index contributed by atoms with van der Waals surface area (Å²) < 4.78 is 5.04. The first kappa shape index (κ1) is 16.7. The number of aliphatic carboxylic acids is 1. The van der Waals surface area contributed by atoms with Gasteiger partial charge in [-0.3, -0.25) is 4.79 Å². The van der Waals surface area contributed by atoms with Crippen molar-refractivity contribution in [1.82, 2.24) is 9.80 Å². The van der Waals surface area contributed by atoms with Crippen molar-refractivity contribution in [3.05, 3.63) is 0 Å². The van der Waals surface area contributed by atoms with E-state index < -0.39 is 5.97 Å². The summed E-state index contributed by atoms with van der Waals surface area (Å²) in [5.41, 5.74) is 0. The second-order valence-corrected chi connectivity index (χ2v) is 4.29. The highest BCUT2D eigenvalue weighted by atomic mass is 16.5. The van der Waals surface area contributed by atoms with Crippen LogP contribution in [0.3, 0.4) is 0 Å². The lowest BCUT2D eigenvalue weighted by Crippen LogP contribution is -2.47. The second-order valence-electron chi connectivity index (χ2n) is 4.29. The number of hydrogen-bond acceptors (Lipinski definition) is 3. The fourth-order valence-electron chi connectivity index (χ4n) is 1.75. The molecule has 0 fully saturated rings. The predicted molar refractivity (Wildman–Crippen MR) is 68.6 cm³/mol. The summed E-state index contributed by atoms with van der Waals surface area (Å²) in [5, 5.41) is 8.55. The van der Waals surface area contributed by atoms with E-state index in [1.54, 1.807) is 24.0 Å². The number of hydrogen-bond donors (Lipinski definition) is 1. The Morgan fingerprint density at radius 3 is 2.44 bits per heavy atom. The summed E-state index contributed by atoms with van der Waals surface area (Å²) in [4.78, 5) is 25.8. The van der Waals surface area contributed by atoms with Crippen LogP contribution >= 0.6 is 0 Å². The van der Waals surface area contributed by atoms with Crippen molar-refractivity contribution in [2.45, 2.75) is 32.7 Å². The molecule has 0 saturated carbocycles. The van der Waals surface area contributed by atoms with E-state index in [2.05, 4.69) is 0 Å². The monoisotopic (exact) mass is 260 g/mol. The van der Waals surface area contributed by atoms with Crippen molar-refractivity contribution in [3.63, 3.8) is 0 Å². The molecule has 0 aromatic heterocycles. The summed E-state index contributed by atoms with van der Waals surface area (Å²) >= 11 is 0. The van der Waals surface area contributed by atoms with Crippen LogP contribution in [0.25, 0.3) is 0 Å². The molecule has 6 heteroatoms. The number of carboxylic acids is 1. The SMILES string of the molecule is CCN(C(=O)N(C)CCCC(=O)O)C(C)COC. The maximum absolute atomic E-state index is 12.1. The number of urea groups is 1. The summed E-state index contributed by atoms with van der Waals surface area (Å²) in [6, 6.07) is -0.0816. The van der Waals surface area contributed by atoms with E-state index in [0.717, 1.165) is 0 Å². The molecule has 18 heavy (non-hydrogen) atoms. The van der Waals surface area contributed by atoms with Crippen LogP contribution in [0, 0.1) is 0 Å². The Balaban J connectivity index is 4.26. The number of rotatable bonds is 8. The summed E-state index contributed by atoms with van der Waals surface area (Å²) in [7, 11) is 3.29. The third-order valence-electron chi connectivity index (χ3n) is 2.74. The van der Waals surface area contributed by atoms with Crippen LogP contribution in [0.5, 0.6) is 0 Å². The van der Waals surface area contributed by atoms with E-state index in [1.165, 1.54) is 0 Å². The van der Waals surface area contributed by atoms with Crippen molar-refractivity contribution < 1.29 is 19.4 Å². The lowest BCUT2D eigenvalue weighted by Gasteiger charge is -2.31. The number of carboxylic acid groups (broad SMARTS) is 1. The highest BCUT2D eigenvalue weighted by molar-refractivity contribution is 5.74. The molecule has 0 aliphatic heterocycles. The molecule has 0 aliphatic rings. The standard InChI is InChI=1S/C12H24N2O4/c1-5-14(10(2)9-18-4)12(17)13(3)8-6-7-11(15)16/h10H,5-9H2,1-4H3,(H,15,16). The smallest absolute Gasteiger partial charge is 0.320 e. The van der Waals surface area contributed by atoms with Gasteiger partial charge >= 0.3 is 12.0 Å². The molecular formula is C12H24N2O4. The number of likely N-dealkylation sites (N-methyl/N-ethyl adjacent to an activating group) is 1. The topological polar surface area (TPSA) is 70.1 Å². The molecule has 1 atom stereocenters. The zero-order valence-electron chi connectivity index (χ0n) is 11.7. The Hall–Kier alpha value is -1.30. The van der Waals surface area contributed by atoms with Gasteiger partial charge in [-0.2, -0.15) is 0 Å². The van der Waals surface area contributed by atoms with E-state index >= 15 is 0 Å². The minimum atomic E-state index is -0.837. The van der Waals surface area contributed by atoms with Gasteiger partial charge in [0.05, 0.1) is 12.6 Å². The number of nitrogens with zero attached hydrogens (tertiary/aromatic N) is 2. The first-order valence-electron chi connectivity index (χ1n) is 6.16. The molecule has 106 valence electrons. The largest absolute Gasteiger partial charge is 0.481 e. The van der Waals surface area contributed by atoms with Crippen LogP contribution < -0.4 is 0 Å². The first-order chi connectivity index (χ1) is 8.43. The third kappa shape index (κ3) is 5.86. The van der Waals surface area contributed by atoms with Crippen LogP contribution in [0.2, 0.25) is 0 Å². The van der Waals surface area contributed by atoms with Crippen LogP contribution in [0.1, 0.15) is 26.7 Å². The van der Waals surface area contributed by atoms with Gasteiger partial charge in [-0.05, 0) is 20.3 Å². The van der Waals surface area contributed by atoms with Gasteiger partial charge in [0.1, 0.15) is 0 Å². The van der Waals surface area contributed by atoms with Gasteiger partial charge < -0.3 is 19.6 Å². The number of methoxy groups -OCH3 is 1. The summed E-state index contributed by atoms with van der Waals surface area (Å²) in [6.07, 6.45) is 0.547. The van der Waals surface area contributed by atoms with Gasteiger partial charge in [0, 0.05) is 33.7 Å². The highest BCUT2D eigenvalue weighted by Crippen LogP contribution is 2.05. The molecule has 0 rings (SSSR count). The average Bonchev–Trinajstić information content (AvgIpc) is 2.29. The number of carbonyl (C=O) groups excluding carboxylic acids is 1. The average molecular weight is 260 g/mol. The van der Waals surface area contributed by atoms with Crippen LogP contribution in [0.15, 0.2) is 0 Å². The Bertz CT molecular complexity index is 271. The van der Waals surface area contributed by atoms with E-state index in [1.807, 2.05) is 13.8 Å². The van der Waals surface area contributed by atoms with Crippen molar-refractivity contribution in [3.8, 4) is 0 Å². The first-order valence-corrected chi connectivity index (χ1v) is 6.16. The van der Waals surface area contributed by atoms with Gasteiger partial charge in [-0.15, -0.1) is 0 Å². The van der Waals surface area contributed by atoms with Crippen LogP contribution in [-0.4, -0.2) is 66.8 Å². The van der Waals surface area contributed by atoms with Gasteiger partial charge in [0.25, 0.3) is 0 Å². The summed E-state index contributed by atoms with van der Waals surface area (Å²) in [6.45, 7) is 5.38. The van der Waals surface area contributed by atoms with E-state index in [0.29, 0.717) is 26.1 Å². The van der Waals surface area contributed by atoms with E-state index in [4.69, 9.17) is 9.84 Å². The molecule has 0 aliphatic carbocycles. The zero-order chi connectivity index (χ0) is 14.1. The Morgan fingerprint density at radius 2 is 2.00 bits per heavy atom. The fraction of sp³-hybridized carbons (Fsp3) is 0.833. The zero-order valence-corrected chi connectivity index (χ0v) is 11.7. The predicted octanol–water partition coefficient (Wildman–Crippen LogP) is 1.26. The molecule has 0 aromatic carbocycles. The lowest BCUT2D eigenvalue weighted by atomic mass is 10.3. The molecule has 0 heterocycles. The Kier molecular flexibility index (Phi) is 8.11. The maximum atomic E-state index is 12.1. The molecule has 0 radical (unpaired) electrons. The third-order valence-corrected chi connectivity index (χ3v) is 2.74. The normalized spacial score (nSPS) is 12.0. The van der Waals surface area contributed by atoms with E-state index in [-0.39, 0.29) is 18.5 Å². The van der Waals surface area contributed by atoms with Crippen molar-refractivity contribution in [1.29, 1.82) is 0 Å². The molecule has 6 nitrogen and oxygen atoms in total. The number of carbonyl (C=O) groups is 2. The molecule has 0 saturated heterocycles. The van der Waals surface area contributed by atoms with Gasteiger partial charge in [0.15, 0.2) is 0 Å². The Labute approximate surface area is 109 Å². The minimum Gasteiger partial charge on any atom is -0.481 e. The number of amides is 2. The number of ether oxygens (including phenoxy) is 1. The molecule has 0 aromatic rings. The highest BCUT2D eigenvalue weighted by Gasteiger charge is 2.21. The van der Waals surface area contributed by atoms with Crippen molar-refractivity contribution in [2.75, 3.05) is 33.9 Å².